The van der Waals surface area contributed by atoms with Gasteiger partial charge in [-0.3, -0.25) is 4.79 Å². The van der Waals surface area contributed by atoms with Gasteiger partial charge < -0.3 is 14.5 Å². The standard InChI is InChI=1S/C22H19NO5/c1-2-12-23-21(25)18-13-16-9-10-17(14-19(16)28-22(18)26)27-20(24)11-8-15-6-4-3-5-7-15/h3-11,13-14H,2,12H2,1H3,(H,23,25)/b11-8+. The van der Waals surface area contributed by atoms with Crippen molar-refractivity contribution in [2.24, 2.45) is 0 Å². The minimum Gasteiger partial charge on any atom is -0.423 e. The van der Waals surface area contributed by atoms with Crippen molar-refractivity contribution >= 4 is 28.9 Å². The highest BCUT2D eigenvalue weighted by atomic mass is 16.5. The van der Waals surface area contributed by atoms with Crippen molar-refractivity contribution in [3.8, 4) is 5.75 Å². The molecule has 1 aromatic heterocycles. The Hall–Kier alpha value is -3.67. The molecule has 0 aliphatic rings. The first kappa shape index (κ1) is 19.1. The van der Waals surface area contributed by atoms with E-state index in [4.69, 9.17) is 9.15 Å². The fraction of sp³-hybridized carbons (Fsp3) is 0.136. The van der Waals surface area contributed by atoms with E-state index in [0.717, 1.165) is 12.0 Å². The summed E-state index contributed by atoms with van der Waals surface area (Å²) < 4.78 is 10.5. The van der Waals surface area contributed by atoms with E-state index in [1.807, 2.05) is 37.3 Å². The van der Waals surface area contributed by atoms with Crippen molar-refractivity contribution in [1.82, 2.24) is 5.32 Å². The predicted octanol–water partition coefficient (Wildman–Crippen LogP) is 3.55. The first-order valence-corrected chi connectivity index (χ1v) is 8.88. The van der Waals surface area contributed by atoms with E-state index >= 15 is 0 Å². The number of ether oxygens (including phenoxy) is 1. The summed E-state index contributed by atoms with van der Waals surface area (Å²) in [5, 5.41) is 3.20. The highest BCUT2D eigenvalue weighted by Crippen LogP contribution is 2.21. The van der Waals surface area contributed by atoms with E-state index in [-0.39, 0.29) is 16.9 Å². The van der Waals surface area contributed by atoms with E-state index < -0.39 is 17.5 Å². The summed E-state index contributed by atoms with van der Waals surface area (Å²) in [6, 6.07) is 15.5. The number of esters is 1. The number of nitrogens with one attached hydrogen (secondary N) is 1. The maximum Gasteiger partial charge on any atom is 0.349 e. The zero-order chi connectivity index (χ0) is 19.9. The third kappa shape index (κ3) is 4.73. The van der Waals surface area contributed by atoms with Crippen LogP contribution in [0.3, 0.4) is 0 Å². The van der Waals surface area contributed by atoms with Crippen LogP contribution in [0.2, 0.25) is 0 Å². The summed E-state index contributed by atoms with van der Waals surface area (Å²) in [7, 11) is 0. The summed E-state index contributed by atoms with van der Waals surface area (Å²) in [5.41, 5.74) is 0.303. The Balaban J connectivity index is 1.77. The molecule has 3 aromatic rings. The van der Waals surface area contributed by atoms with Gasteiger partial charge in [0.1, 0.15) is 16.9 Å². The van der Waals surface area contributed by atoms with E-state index in [2.05, 4.69) is 5.32 Å². The van der Waals surface area contributed by atoms with Crippen LogP contribution in [0.4, 0.5) is 0 Å². The average Bonchev–Trinajstić information content (AvgIpc) is 2.70. The van der Waals surface area contributed by atoms with Gasteiger partial charge in [-0.25, -0.2) is 9.59 Å². The molecule has 28 heavy (non-hydrogen) atoms. The van der Waals surface area contributed by atoms with Crippen molar-refractivity contribution in [3.63, 3.8) is 0 Å². The fourth-order valence-electron chi connectivity index (χ4n) is 2.53. The van der Waals surface area contributed by atoms with Gasteiger partial charge in [-0.2, -0.15) is 0 Å². The molecule has 1 N–H and O–H groups in total. The van der Waals surface area contributed by atoms with Crippen LogP contribution in [-0.2, 0) is 4.79 Å². The number of amides is 1. The van der Waals surface area contributed by atoms with Crippen molar-refractivity contribution < 1.29 is 18.7 Å². The van der Waals surface area contributed by atoms with Gasteiger partial charge in [0.15, 0.2) is 0 Å². The molecule has 0 aliphatic carbocycles. The van der Waals surface area contributed by atoms with Crippen molar-refractivity contribution in [2.75, 3.05) is 6.54 Å². The maximum atomic E-state index is 12.1. The number of fused-ring (bicyclic) bond motifs is 1. The SMILES string of the molecule is CCCNC(=O)c1cc2ccc(OC(=O)/C=C/c3ccccc3)cc2oc1=O. The van der Waals surface area contributed by atoms with Gasteiger partial charge in [-0.1, -0.05) is 37.3 Å². The molecule has 0 saturated carbocycles. The van der Waals surface area contributed by atoms with E-state index in [1.165, 1.54) is 18.2 Å². The molecule has 6 heteroatoms. The molecule has 0 atom stereocenters. The molecular weight excluding hydrogens is 358 g/mol. The predicted molar refractivity (Wildman–Crippen MR) is 106 cm³/mol. The van der Waals surface area contributed by atoms with Crippen LogP contribution in [0.25, 0.3) is 17.0 Å². The Labute approximate surface area is 161 Å². The van der Waals surface area contributed by atoms with Gasteiger partial charge in [0, 0.05) is 24.1 Å². The molecule has 1 heterocycles. The summed E-state index contributed by atoms with van der Waals surface area (Å²) in [5.74, 6) is -0.790. The largest absolute Gasteiger partial charge is 0.423 e. The minimum atomic E-state index is -0.742. The third-order valence-electron chi connectivity index (χ3n) is 3.92. The molecule has 3 rings (SSSR count). The summed E-state index contributed by atoms with van der Waals surface area (Å²) >= 11 is 0. The Morgan fingerprint density at radius 3 is 2.64 bits per heavy atom. The number of carbonyl (C=O) groups is 2. The monoisotopic (exact) mass is 377 g/mol. The quantitative estimate of drug-likeness (QED) is 0.307. The minimum absolute atomic E-state index is 0.0588. The van der Waals surface area contributed by atoms with E-state index in [9.17, 15) is 14.4 Å². The molecule has 0 unspecified atom stereocenters. The van der Waals surface area contributed by atoms with Crippen LogP contribution in [0.5, 0.6) is 5.75 Å². The second kappa shape index (κ2) is 8.81. The molecular formula is C22H19NO5. The first-order chi connectivity index (χ1) is 13.6. The lowest BCUT2D eigenvalue weighted by atomic mass is 10.1. The Bertz CT molecular complexity index is 1080. The maximum absolute atomic E-state index is 12.1. The molecule has 6 nitrogen and oxygen atoms in total. The van der Waals surface area contributed by atoms with Crippen LogP contribution < -0.4 is 15.7 Å². The Kier molecular flexibility index (Phi) is 6.01. The van der Waals surface area contributed by atoms with Gasteiger partial charge in [-0.15, -0.1) is 0 Å². The van der Waals surface area contributed by atoms with Crippen LogP contribution in [0.15, 0.2) is 69.9 Å². The zero-order valence-corrected chi connectivity index (χ0v) is 15.3. The number of hydrogen-bond acceptors (Lipinski definition) is 5. The molecule has 142 valence electrons. The lowest BCUT2D eigenvalue weighted by Crippen LogP contribution is -2.28. The molecule has 0 fully saturated rings. The molecule has 0 aliphatic heterocycles. The molecule has 1 amide bonds. The van der Waals surface area contributed by atoms with Gasteiger partial charge in [-0.05, 0) is 36.3 Å². The Morgan fingerprint density at radius 2 is 1.89 bits per heavy atom. The second-order valence-electron chi connectivity index (χ2n) is 6.07. The molecule has 0 spiro atoms. The smallest absolute Gasteiger partial charge is 0.349 e. The number of rotatable bonds is 6. The summed E-state index contributed by atoms with van der Waals surface area (Å²) in [4.78, 5) is 36.1. The second-order valence-corrected chi connectivity index (χ2v) is 6.07. The molecule has 0 saturated heterocycles. The Morgan fingerprint density at radius 1 is 1.11 bits per heavy atom. The average molecular weight is 377 g/mol. The van der Waals surface area contributed by atoms with Crippen LogP contribution in [0, 0.1) is 0 Å². The summed E-state index contributed by atoms with van der Waals surface area (Å²) in [6.07, 6.45) is 3.72. The highest BCUT2D eigenvalue weighted by Gasteiger charge is 2.14. The fourth-order valence-corrected chi connectivity index (χ4v) is 2.53. The zero-order valence-electron chi connectivity index (χ0n) is 15.3. The molecule has 0 radical (unpaired) electrons. The van der Waals surface area contributed by atoms with Crippen LogP contribution >= 0.6 is 0 Å². The number of carbonyl (C=O) groups excluding carboxylic acids is 2. The number of benzene rings is 2. The summed E-state index contributed by atoms with van der Waals surface area (Å²) in [6.45, 7) is 2.39. The van der Waals surface area contributed by atoms with Crippen LogP contribution in [-0.4, -0.2) is 18.4 Å². The van der Waals surface area contributed by atoms with Gasteiger partial charge in [0.25, 0.3) is 5.91 Å². The van der Waals surface area contributed by atoms with Crippen molar-refractivity contribution in [2.45, 2.75) is 13.3 Å². The normalized spacial score (nSPS) is 10.9. The topological polar surface area (TPSA) is 85.6 Å². The first-order valence-electron chi connectivity index (χ1n) is 8.88. The highest BCUT2D eigenvalue weighted by molar-refractivity contribution is 5.97. The molecule has 2 aromatic carbocycles. The van der Waals surface area contributed by atoms with E-state index in [1.54, 1.807) is 18.2 Å². The van der Waals surface area contributed by atoms with Crippen LogP contribution in [0.1, 0.15) is 29.3 Å². The van der Waals surface area contributed by atoms with Gasteiger partial charge in [0.05, 0.1) is 0 Å². The third-order valence-corrected chi connectivity index (χ3v) is 3.92. The lowest BCUT2D eigenvalue weighted by molar-refractivity contribution is -0.128. The lowest BCUT2D eigenvalue weighted by Gasteiger charge is -2.05. The van der Waals surface area contributed by atoms with Gasteiger partial charge in [0.2, 0.25) is 0 Å². The van der Waals surface area contributed by atoms with Gasteiger partial charge >= 0.3 is 11.6 Å². The molecule has 0 bridgehead atoms. The van der Waals surface area contributed by atoms with Crippen molar-refractivity contribution in [3.05, 3.63) is 82.2 Å². The van der Waals surface area contributed by atoms with E-state index in [0.29, 0.717) is 11.9 Å². The number of hydrogen-bond donors (Lipinski definition) is 1. The van der Waals surface area contributed by atoms with Crippen molar-refractivity contribution in [1.29, 1.82) is 0 Å².